The molecule has 2 rings (SSSR count). The highest BCUT2D eigenvalue weighted by molar-refractivity contribution is 6.31. The van der Waals surface area contributed by atoms with Gasteiger partial charge in [-0.15, -0.1) is 0 Å². The van der Waals surface area contributed by atoms with Gasteiger partial charge in [0.1, 0.15) is 5.82 Å². The van der Waals surface area contributed by atoms with E-state index in [0.29, 0.717) is 17.8 Å². The summed E-state index contributed by atoms with van der Waals surface area (Å²) in [6.07, 6.45) is 0. The molecule has 0 unspecified atom stereocenters. The summed E-state index contributed by atoms with van der Waals surface area (Å²) < 4.78 is 13.1. The van der Waals surface area contributed by atoms with E-state index >= 15 is 0 Å². The molecule has 0 aliphatic carbocycles. The summed E-state index contributed by atoms with van der Waals surface area (Å²) >= 11 is 5.66. The molecule has 21 heavy (non-hydrogen) atoms. The minimum Gasteiger partial charge on any atom is -0.398 e. The van der Waals surface area contributed by atoms with Crippen LogP contribution in [0.3, 0.4) is 0 Å². The number of halogens is 2. The average molecular weight is 308 g/mol. The Balaban J connectivity index is 2.11. The second kappa shape index (κ2) is 6.56. The number of anilines is 1. The van der Waals surface area contributed by atoms with Crippen LogP contribution < -0.4 is 16.8 Å². The van der Waals surface area contributed by atoms with E-state index < -0.39 is 5.82 Å². The molecule has 1 amide bonds. The predicted molar refractivity (Wildman–Crippen MR) is 81.3 cm³/mol. The molecule has 0 heterocycles. The highest BCUT2D eigenvalue weighted by Crippen LogP contribution is 2.18. The van der Waals surface area contributed by atoms with Gasteiger partial charge in [-0.05, 0) is 35.4 Å². The molecular formula is C15H15ClFN3O. The number of hydrogen-bond donors (Lipinski definition) is 3. The fraction of sp³-hybridized carbons (Fsp3) is 0.133. The molecule has 6 heteroatoms. The van der Waals surface area contributed by atoms with Gasteiger partial charge in [0.2, 0.25) is 0 Å². The van der Waals surface area contributed by atoms with E-state index in [1.54, 1.807) is 12.1 Å². The zero-order chi connectivity index (χ0) is 15.4. The maximum atomic E-state index is 13.1. The van der Waals surface area contributed by atoms with Crippen LogP contribution in [0.1, 0.15) is 21.5 Å². The number of carbonyl (C=O) groups is 1. The number of nitrogen functional groups attached to an aromatic ring is 1. The number of hydrogen-bond acceptors (Lipinski definition) is 3. The second-order valence-corrected chi connectivity index (χ2v) is 4.91. The third-order valence-corrected chi connectivity index (χ3v) is 3.42. The van der Waals surface area contributed by atoms with Crippen molar-refractivity contribution >= 4 is 23.2 Å². The lowest BCUT2D eigenvalue weighted by Crippen LogP contribution is -2.24. The second-order valence-electron chi connectivity index (χ2n) is 4.50. The van der Waals surface area contributed by atoms with E-state index in [-0.39, 0.29) is 17.5 Å². The van der Waals surface area contributed by atoms with Gasteiger partial charge in [0.25, 0.3) is 5.91 Å². The van der Waals surface area contributed by atoms with Crippen LogP contribution in [0.15, 0.2) is 36.4 Å². The van der Waals surface area contributed by atoms with Crippen molar-refractivity contribution in [2.75, 3.05) is 5.73 Å². The summed E-state index contributed by atoms with van der Waals surface area (Å²) in [4.78, 5) is 12.0. The summed E-state index contributed by atoms with van der Waals surface area (Å²) in [5.74, 6) is -0.906. The quantitative estimate of drug-likeness (QED) is 0.759. The lowest BCUT2D eigenvalue weighted by Gasteiger charge is -2.11. The minimum absolute atomic E-state index is 0.0887. The first-order valence-electron chi connectivity index (χ1n) is 6.32. The molecule has 0 aliphatic heterocycles. The van der Waals surface area contributed by atoms with Gasteiger partial charge in [-0.3, -0.25) is 4.79 Å². The Morgan fingerprint density at radius 2 is 2.05 bits per heavy atom. The number of carbonyl (C=O) groups excluding carboxylic acids is 1. The van der Waals surface area contributed by atoms with Crippen LogP contribution in [-0.2, 0) is 13.1 Å². The molecule has 0 atom stereocenters. The lowest BCUT2D eigenvalue weighted by atomic mass is 10.1. The summed E-state index contributed by atoms with van der Waals surface area (Å²) in [6.45, 7) is 0.575. The molecule has 2 aromatic carbocycles. The Bertz CT molecular complexity index is 676. The Hall–Kier alpha value is -2.11. The molecular weight excluding hydrogens is 293 g/mol. The molecule has 2 aromatic rings. The van der Waals surface area contributed by atoms with E-state index in [0.717, 1.165) is 17.2 Å². The molecule has 4 nitrogen and oxygen atoms in total. The molecule has 0 saturated heterocycles. The fourth-order valence-corrected chi connectivity index (χ4v) is 2.16. The van der Waals surface area contributed by atoms with E-state index in [9.17, 15) is 9.18 Å². The van der Waals surface area contributed by atoms with Crippen LogP contribution in [0.2, 0.25) is 5.02 Å². The monoisotopic (exact) mass is 307 g/mol. The molecule has 0 radical (unpaired) electrons. The zero-order valence-corrected chi connectivity index (χ0v) is 12.0. The zero-order valence-electron chi connectivity index (χ0n) is 11.2. The van der Waals surface area contributed by atoms with Crippen LogP contribution in [-0.4, -0.2) is 5.91 Å². The van der Waals surface area contributed by atoms with Crippen molar-refractivity contribution in [3.63, 3.8) is 0 Å². The molecule has 110 valence electrons. The van der Waals surface area contributed by atoms with Gasteiger partial charge in [-0.2, -0.15) is 0 Å². The first-order chi connectivity index (χ1) is 10.0. The molecule has 0 saturated carbocycles. The Morgan fingerprint density at radius 3 is 2.71 bits per heavy atom. The largest absolute Gasteiger partial charge is 0.398 e. The van der Waals surface area contributed by atoms with Crippen molar-refractivity contribution in [2.45, 2.75) is 13.1 Å². The summed E-state index contributed by atoms with van der Waals surface area (Å²) in [5.41, 5.74) is 14.0. The SMILES string of the molecule is NCc1c(N)cccc1CNC(=O)c1ccc(F)c(Cl)c1. The summed E-state index contributed by atoms with van der Waals surface area (Å²) in [6, 6.07) is 9.21. The number of nitrogens with two attached hydrogens (primary N) is 2. The van der Waals surface area contributed by atoms with Gasteiger partial charge in [0.15, 0.2) is 0 Å². The topological polar surface area (TPSA) is 81.1 Å². The third kappa shape index (κ3) is 3.51. The minimum atomic E-state index is -0.561. The summed E-state index contributed by atoms with van der Waals surface area (Å²) in [5, 5.41) is 2.64. The van der Waals surface area contributed by atoms with Crippen LogP contribution in [0.4, 0.5) is 10.1 Å². The molecule has 0 fully saturated rings. The van der Waals surface area contributed by atoms with Crippen molar-refractivity contribution in [1.29, 1.82) is 0 Å². The smallest absolute Gasteiger partial charge is 0.251 e. The fourth-order valence-electron chi connectivity index (χ4n) is 1.98. The Kier molecular flexibility index (Phi) is 4.77. The molecule has 0 bridgehead atoms. The van der Waals surface area contributed by atoms with Crippen LogP contribution in [0.5, 0.6) is 0 Å². The predicted octanol–water partition coefficient (Wildman–Crippen LogP) is 2.45. The number of nitrogens with one attached hydrogen (secondary N) is 1. The van der Waals surface area contributed by atoms with E-state index in [2.05, 4.69) is 5.32 Å². The van der Waals surface area contributed by atoms with Crippen LogP contribution >= 0.6 is 11.6 Å². The van der Waals surface area contributed by atoms with Gasteiger partial charge in [0.05, 0.1) is 5.02 Å². The number of rotatable bonds is 4. The normalized spacial score (nSPS) is 10.4. The lowest BCUT2D eigenvalue weighted by molar-refractivity contribution is 0.0951. The Morgan fingerprint density at radius 1 is 1.29 bits per heavy atom. The van der Waals surface area contributed by atoms with Crippen molar-refractivity contribution in [3.05, 3.63) is 63.9 Å². The highest BCUT2D eigenvalue weighted by Gasteiger charge is 2.10. The van der Waals surface area contributed by atoms with Gasteiger partial charge in [0, 0.05) is 24.3 Å². The number of amides is 1. The van der Waals surface area contributed by atoms with E-state index in [4.69, 9.17) is 23.1 Å². The summed E-state index contributed by atoms with van der Waals surface area (Å²) in [7, 11) is 0. The Labute approximate surface area is 126 Å². The van der Waals surface area contributed by atoms with Crippen molar-refractivity contribution in [1.82, 2.24) is 5.32 Å². The van der Waals surface area contributed by atoms with Crippen molar-refractivity contribution in [2.24, 2.45) is 5.73 Å². The van der Waals surface area contributed by atoms with Gasteiger partial charge >= 0.3 is 0 Å². The van der Waals surface area contributed by atoms with Crippen LogP contribution in [0.25, 0.3) is 0 Å². The van der Waals surface area contributed by atoms with Crippen molar-refractivity contribution < 1.29 is 9.18 Å². The first-order valence-corrected chi connectivity index (χ1v) is 6.70. The molecule has 5 N–H and O–H groups in total. The van der Waals surface area contributed by atoms with Gasteiger partial charge in [-0.25, -0.2) is 4.39 Å². The van der Waals surface area contributed by atoms with E-state index in [1.807, 2.05) is 6.07 Å². The average Bonchev–Trinajstić information content (AvgIpc) is 2.47. The van der Waals surface area contributed by atoms with E-state index in [1.165, 1.54) is 12.1 Å². The van der Waals surface area contributed by atoms with Gasteiger partial charge < -0.3 is 16.8 Å². The van der Waals surface area contributed by atoms with Gasteiger partial charge in [-0.1, -0.05) is 23.7 Å². The molecule has 0 spiro atoms. The maximum absolute atomic E-state index is 13.1. The first kappa shape index (κ1) is 15.3. The maximum Gasteiger partial charge on any atom is 0.251 e. The molecule has 0 aromatic heterocycles. The highest BCUT2D eigenvalue weighted by atomic mass is 35.5. The van der Waals surface area contributed by atoms with Crippen molar-refractivity contribution in [3.8, 4) is 0 Å². The third-order valence-electron chi connectivity index (χ3n) is 3.13. The van der Waals surface area contributed by atoms with Crippen LogP contribution in [0, 0.1) is 5.82 Å². The standard InChI is InChI=1S/C15H15ClFN3O/c16-12-6-9(4-5-13(12)17)15(21)20-8-10-2-1-3-14(19)11(10)7-18/h1-6H,7-8,18-19H2,(H,20,21). The number of benzene rings is 2. The molecule has 0 aliphatic rings.